The van der Waals surface area contributed by atoms with Crippen LogP contribution in [0.2, 0.25) is 0 Å². The highest BCUT2D eigenvalue weighted by Gasteiger charge is 2.23. The molecule has 7 nitrogen and oxygen atoms in total. The molecule has 156 valence electrons. The third-order valence-electron chi connectivity index (χ3n) is 3.92. The van der Waals surface area contributed by atoms with E-state index >= 15 is 0 Å². The summed E-state index contributed by atoms with van der Waals surface area (Å²) in [5, 5.41) is 2.63. The second-order valence-electron chi connectivity index (χ2n) is 6.80. The molecule has 0 aliphatic carbocycles. The van der Waals surface area contributed by atoms with Crippen LogP contribution in [-0.4, -0.2) is 32.4 Å². The number of carbonyl (C=O) groups is 2. The van der Waals surface area contributed by atoms with Gasteiger partial charge >= 0.3 is 5.97 Å². The van der Waals surface area contributed by atoms with Crippen molar-refractivity contribution in [1.82, 2.24) is 5.32 Å². The van der Waals surface area contributed by atoms with E-state index in [4.69, 9.17) is 4.74 Å². The van der Waals surface area contributed by atoms with E-state index in [0.717, 1.165) is 12.1 Å². The van der Waals surface area contributed by atoms with E-state index in [2.05, 4.69) is 10.0 Å². The minimum atomic E-state index is -4.02. The Kier molecular flexibility index (Phi) is 6.97. The molecule has 0 saturated heterocycles. The Morgan fingerprint density at radius 1 is 1.03 bits per heavy atom. The summed E-state index contributed by atoms with van der Waals surface area (Å²) in [6.45, 7) is 6.61. The molecule has 2 rings (SSSR count). The van der Waals surface area contributed by atoms with Gasteiger partial charge in [-0.05, 0) is 69.7 Å². The van der Waals surface area contributed by atoms with Crippen LogP contribution in [0.15, 0.2) is 47.4 Å². The zero-order valence-electron chi connectivity index (χ0n) is 16.5. The van der Waals surface area contributed by atoms with Crippen molar-refractivity contribution < 1.29 is 27.1 Å². The Labute approximate surface area is 169 Å². The summed E-state index contributed by atoms with van der Waals surface area (Å²) in [7, 11) is -4.02. The molecule has 29 heavy (non-hydrogen) atoms. The number of amides is 1. The number of rotatable bonds is 7. The molecule has 0 spiro atoms. The van der Waals surface area contributed by atoms with Crippen LogP contribution in [0.25, 0.3) is 0 Å². The summed E-state index contributed by atoms with van der Waals surface area (Å²) in [6, 6.07) is 8.68. The fraction of sp³-hybridized carbons (Fsp3) is 0.300. The van der Waals surface area contributed by atoms with Crippen molar-refractivity contribution in [2.45, 2.75) is 44.7 Å². The normalized spacial score (nSPS) is 12.3. The lowest BCUT2D eigenvalue weighted by Gasteiger charge is -2.16. The molecular formula is C20H23FN2O5S. The number of sulfonamides is 1. The Morgan fingerprint density at radius 3 is 2.24 bits per heavy atom. The zero-order valence-corrected chi connectivity index (χ0v) is 17.3. The van der Waals surface area contributed by atoms with Crippen LogP contribution in [0, 0.1) is 12.7 Å². The summed E-state index contributed by atoms with van der Waals surface area (Å²) >= 11 is 0. The standard InChI is InChI=1S/C20H23FN2O5S/c1-12(2)22-19(24)14(4)28-20(25)18-11-17(10-5-13(18)3)29(26,27)23-16-8-6-15(21)7-9-16/h5-12,14,23H,1-4H3,(H,22,24)/t14-/m0/s1. The van der Waals surface area contributed by atoms with Gasteiger partial charge in [0.15, 0.2) is 6.10 Å². The van der Waals surface area contributed by atoms with Gasteiger partial charge in [-0.15, -0.1) is 0 Å². The van der Waals surface area contributed by atoms with Crippen molar-refractivity contribution in [3.8, 4) is 0 Å². The number of halogens is 1. The first-order chi connectivity index (χ1) is 13.5. The highest BCUT2D eigenvalue weighted by molar-refractivity contribution is 7.92. The van der Waals surface area contributed by atoms with E-state index < -0.39 is 33.8 Å². The molecule has 0 heterocycles. The van der Waals surface area contributed by atoms with Gasteiger partial charge in [-0.3, -0.25) is 9.52 Å². The molecule has 0 unspecified atom stereocenters. The third kappa shape index (κ3) is 6.02. The largest absolute Gasteiger partial charge is 0.449 e. The smallest absolute Gasteiger partial charge is 0.339 e. The first-order valence-electron chi connectivity index (χ1n) is 8.90. The maximum Gasteiger partial charge on any atom is 0.339 e. The van der Waals surface area contributed by atoms with E-state index in [1.807, 2.05) is 0 Å². The van der Waals surface area contributed by atoms with Crippen molar-refractivity contribution in [1.29, 1.82) is 0 Å². The van der Waals surface area contributed by atoms with Crippen LogP contribution < -0.4 is 10.0 Å². The van der Waals surface area contributed by atoms with Crippen molar-refractivity contribution in [2.75, 3.05) is 4.72 Å². The molecule has 0 bridgehead atoms. The molecule has 0 fully saturated rings. The lowest BCUT2D eigenvalue weighted by atomic mass is 10.1. The number of carbonyl (C=O) groups excluding carboxylic acids is 2. The second kappa shape index (κ2) is 9.04. The average molecular weight is 422 g/mol. The van der Waals surface area contributed by atoms with Gasteiger partial charge in [-0.25, -0.2) is 17.6 Å². The van der Waals surface area contributed by atoms with Gasteiger partial charge in [0.1, 0.15) is 5.82 Å². The van der Waals surface area contributed by atoms with Gasteiger partial charge in [-0.2, -0.15) is 0 Å². The van der Waals surface area contributed by atoms with Gasteiger partial charge in [0.25, 0.3) is 15.9 Å². The average Bonchev–Trinajstić information content (AvgIpc) is 2.63. The minimum Gasteiger partial charge on any atom is -0.449 e. The Balaban J connectivity index is 2.23. The molecule has 0 aromatic heterocycles. The number of ether oxygens (including phenoxy) is 1. The quantitative estimate of drug-likeness (QED) is 0.668. The Hall–Kier alpha value is -2.94. The second-order valence-corrected chi connectivity index (χ2v) is 8.48. The highest BCUT2D eigenvalue weighted by Crippen LogP contribution is 2.20. The van der Waals surface area contributed by atoms with E-state index in [-0.39, 0.29) is 22.2 Å². The third-order valence-corrected chi connectivity index (χ3v) is 5.30. The predicted molar refractivity (Wildman–Crippen MR) is 107 cm³/mol. The summed E-state index contributed by atoms with van der Waals surface area (Å²) in [5.41, 5.74) is 0.693. The van der Waals surface area contributed by atoms with Gasteiger partial charge in [0.2, 0.25) is 0 Å². The summed E-state index contributed by atoms with van der Waals surface area (Å²) in [4.78, 5) is 24.3. The number of hydrogen-bond donors (Lipinski definition) is 2. The number of aryl methyl sites for hydroxylation is 1. The Bertz CT molecular complexity index is 1000. The number of esters is 1. The predicted octanol–water partition coefficient (Wildman–Crippen LogP) is 3.00. The maximum atomic E-state index is 13.0. The lowest BCUT2D eigenvalue weighted by Crippen LogP contribution is -2.39. The van der Waals surface area contributed by atoms with Crippen LogP contribution in [0.1, 0.15) is 36.7 Å². The summed E-state index contributed by atoms with van der Waals surface area (Å²) < 4.78 is 45.7. The number of hydrogen-bond acceptors (Lipinski definition) is 5. The number of nitrogens with one attached hydrogen (secondary N) is 2. The molecule has 0 aliphatic heterocycles. The minimum absolute atomic E-state index is 0.0242. The van der Waals surface area contributed by atoms with Crippen molar-refractivity contribution in [3.05, 3.63) is 59.4 Å². The van der Waals surface area contributed by atoms with Crippen LogP contribution in [-0.2, 0) is 19.6 Å². The van der Waals surface area contributed by atoms with Gasteiger partial charge < -0.3 is 10.1 Å². The molecule has 1 amide bonds. The summed E-state index contributed by atoms with van der Waals surface area (Å²) in [6.07, 6.45) is -1.04. The zero-order chi connectivity index (χ0) is 21.8. The van der Waals surface area contributed by atoms with Gasteiger partial charge in [0.05, 0.1) is 10.5 Å². The SMILES string of the molecule is Cc1ccc(S(=O)(=O)Nc2ccc(F)cc2)cc1C(=O)O[C@@H](C)C(=O)NC(C)C. The molecule has 0 aliphatic rings. The monoisotopic (exact) mass is 422 g/mol. The van der Waals surface area contributed by atoms with E-state index in [1.165, 1.54) is 37.3 Å². The summed E-state index contributed by atoms with van der Waals surface area (Å²) in [5.74, 6) is -1.76. The molecule has 2 aromatic carbocycles. The molecule has 2 N–H and O–H groups in total. The maximum absolute atomic E-state index is 13.0. The van der Waals surface area contributed by atoms with Gasteiger partial charge in [0, 0.05) is 11.7 Å². The highest BCUT2D eigenvalue weighted by atomic mass is 32.2. The fourth-order valence-electron chi connectivity index (χ4n) is 2.40. The molecular weight excluding hydrogens is 399 g/mol. The lowest BCUT2D eigenvalue weighted by molar-refractivity contribution is -0.129. The first kappa shape index (κ1) is 22.4. The molecule has 1 atom stereocenters. The van der Waals surface area contributed by atoms with Crippen LogP contribution in [0.3, 0.4) is 0 Å². The van der Waals surface area contributed by atoms with Crippen molar-refractivity contribution in [3.63, 3.8) is 0 Å². The number of benzene rings is 2. The first-order valence-corrected chi connectivity index (χ1v) is 10.4. The fourth-order valence-corrected chi connectivity index (χ4v) is 3.48. The molecule has 2 aromatic rings. The van der Waals surface area contributed by atoms with Crippen LogP contribution in [0.4, 0.5) is 10.1 Å². The van der Waals surface area contributed by atoms with E-state index in [9.17, 15) is 22.4 Å². The van der Waals surface area contributed by atoms with E-state index in [0.29, 0.717) is 5.56 Å². The molecule has 0 radical (unpaired) electrons. The molecule has 9 heteroatoms. The number of anilines is 1. The van der Waals surface area contributed by atoms with Gasteiger partial charge in [-0.1, -0.05) is 6.07 Å². The van der Waals surface area contributed by atoms with Crippen molar-refractivity contribution >= 4 is 27.6 Å². The molecule has 0 saturated carbocycles. The van der Waals surface area contributed by atoms with Crippen molar-refractivity contribution in [2.24, 2.45) is 0 Å². The topological polar surface area (TPSA) is 102 Å². The Morgan fingerprint density at radius 2 is 1.66 bits per heavy atom. The van der Waals surface area contributed by atoms with E-state index in [1.54, 1.807) is 20.8 Å². The van der Waals surface area contributed by atoms with Crippen LogP contribution in [0.5, 0.6) is 0 Å². The van der Waals surface area contributed by atoms with Crippen LogP contribution >= 0.6 is 0 Å².